The van der Waals surface area contributed by atoms with Crippen LogP contribution in [0.1, 0.15) is 69.3 Å². The summed E-state index contributed by atoms with van der Waals surface area (Å²) in [7, 11) is 0. The van der Waals surface area contributed by atoms with Crippen molar-refractivity contribution >= 4 is 11.8 Å². The van der Waals surface area contributed by atoms with Crippen LogP contribution in [-0.4, -0.2) is 24.9 Å². The number of nitrogens with one attached hydrogen (secondary N) is 2. The first-order chi connectivity index (χ1) is 10.8. The molecule has 0 unspecified atom stereocenters. The molecule has 0 aliphatic heterocycles. The quantitative estimate of drug-likeness (QED) is 0.722. The van der Waals surface area contributed by atoms with Gasteiger partial charge in [0.2, 0.25) is 5.91 Å². The molecule has 0 aromatic heterocycles. The molecule has 4 heteroatoms. The molecule has 4 nitrogen and oxygen atoms in total. The van der Waals surface area contributed by atoms with Gasteiger partial charge in [0, 0.05) is 12.1 Å². The molecule has 0 radical (unpaired) electrons. The molecule has 0 fully saturated rings. The topological polar surface area (TPSA) is 58.2 Å². The summed E-state index contributed by atoms with van der Waals surface area (Å²) in [6.45, 7) is 9.25. The Hall–Kier alpha value is -1.84. The average Bonchev–Trinajstić information content (AvgIpc) is 2.51. The zero-order valence-electron chi connectivity index (χ0n) is 14.9. The van der Waals surface area contributed by atoms with Gasteiger partial charge < -0.3 is 10.6 Å². The van der Waals surface area contributed by atoms with Gasteiger partial charge in [-0.2, -0.15) is 0 Å². The first kappa shape index (κ1) is 19.2. The van der Waals surface area contributed by atoms with Crippen molar-refractivity contribution < 1.29 is 9.59 Å². The summed E-state index contributed by atoms with van der Waals surface area (Å²) in [6.07, 6.45) is 4.49. The van der Waals surface area contributed by atoms with Gasteiger partial charge in [-0.25, -0.2) is 0 Å². The third-order valence-electron chi connectivity index (χ3n) is 3.78. The van der Waals surface area contributed by atoms with Crippen LogP contribution < -0.4 is 10.6 Å². The van der Waals surface area contributed by atoms with Crippen molar-refractivity contribution in [3.63, 3.8) is 0 Å². The minimum Gasteiger partial charge on any atom is -0.355 e. The first-order valence-electron chi connectivity index (χ1n) is 8.50. The zero-order valence-corrected chi connectivity index (χ0v) is 14.9. The van der Waals surface area contributed by atoms with Crippen LogP contribution in [-0.2, 0) is 10.2 Å². The molecule has 1 aromatic carbocycles. The summed E-state index contributed by atoms with van der Waals surface area (Å²) in [5.74, 6) is -0.354. The van der Waals surface area contributed by atoms with E-state index in [2.05, 4.69) is 38.3 Å². The largest absolute Gasteiger partial charge is 0.355 e. The lowest BCUT2D eigenvalue weighted by molar-refractivity contribution is -0.120. The van der Waals surface area contributed by atoms with Crippen molar-refractivity contribution in [3.05, 3.63) is 35.4 Å². The van der Waals surface area contributed by atoms with E-state index in [9.17, 15) is 9.59 Å². The number of benzene rings is 1. The molecule has 128 valence electrons. The van der Waals surface area contributed by atoms with Crippen LogP contribution in [0.5, 0.6) is 0 Å². The van der Waals surface area contributed by atoms with Gasteiger partial charge >= 0.3 is 0 Å². The SMILES string of the molecule is CCCCCCNC(=O)CNC(=O)c1ccc(C(C)(C)C)cc1. The van der Waals surface area contributed by atoms with Crippen molar-refractivity contribution in [3.8, 4) is 0 Å². The maximum absolute atomic E-state index is 12.0. The van der Waals surface area contributed by atoms with Gasteiger partial charge in [0.05, 0.1) is 6.54 Å². The smallest absolute Gasteiger partial charge is 0.251 e. The maximum atomic E-state index is 12.0. The Kier molecular flexibility index (Phi) is 7.79. The molecule has 23 heavy (non-hydrogen) atoms. The lowest BCUT2D eigenvalue weighted by Crippen LogP contribution is -2.37. The van der Waals surface area contributed by atoms with E-state index in [4.69, 9.17) is 0 Å². The maximum Gasteiger partial charge on any atom is 0.251 e. The molecule has 0 aliphatic rings. The van der Waals surface area contributed by atoms with Crippen molar-refractivity contribution in [2.24, 2.45) is 0 Å². The van der Waals surface area contributed by atoms with Crippen molar-refractivity contribution in [1.82, 2.24) is 10.6 Å². The van der Waals surface area contributed by atoms with E-state index in [-0.39, 0.29) is 23.8 Å². The Morgan fingerprint density at radius 2 is 1.61 bits per heavy atom. The van der Waals surface area contributed by atoms with E-state index in [0.717, 1.165) is 12.8 Å². The summed E-state index contributed by atoms with van der Waals surface area (Å²) < 4.78 is 0. The van der Waals surface area contributed by atoms with Crippen LogP contribution in [0.2, 0.25) is 0 Å². The highest BCUT2D eigenvalue weighted by atomic mass is 16.2. The first-order valence-corrected chi connectivity index (χ1v) is 8.50. The van der Waals surface area contributed by atoms with E-state index < -0.39 is 0 Å². The Morgan fingerprint density at radius 1 is 0.957 bits per heavy atom. The van der Waals surface area contributed by atoms with E-state index in [0.29, 0.717) is 12.1 Å². The van der Waals surface area contributed by atoms with E-state index in [1.165, 1.54) is 18.4 Å². The van der Waals surface area contributed by atoms with Crippen LogP contribution in [0.25, 0.3) is 0 Å². The molecule has 0 atom stereocenters. The van der Waals surface area contributed by atoms with Gasteiger partial charge in [0.25, 0.3) is 5.91 Å². The Morgan fingerprint density at radius 3 is 2.17 bits per heavy atom. The molecule has 0 bridgehead atoms. The Labute approximate surface area is 140 Å². The summed E-state index contributed by atoms with van der Waals surface area (Å²) >= 11 is 0. The fourth-order valence-electron chi connectivity index (χ4n) is 2.23. The van der Waals surface area contributed by atoms with Crippen LogP contribution in [0.4, 0.5) is 0 Å². The number of carbonyl (C=O) groups is 2. The highest BCUT2D eigenvalue weighted by Crippen LogP contribution is 2.22. The van der Waals surface area contributed by atoms with Crippen molar-refractivity contribution in [2.75, 3.05) is 13.1 Å². The fraction of sp³-hybridized carbons (Fsp3) is 0.579. The number of rotatable bonds is 8. The van der Waals surface area contributed by atoms with Gasteiger partial charge in [-0.1, -0.05) is 59.1 Å². The van der Waals surface area contributed by atoms with Gasteiger partial charge in [-0.3, -0.25) is 9.59 Å². The minimum atomic E-state index is -0.216. The highest BCUT2D eigenvalue weighted by Gasteiger charge is 2.14. The van der Waals surface area contributed by atoms with E-state index >= 15 is 0 Å². The van der Waals surface area contributed by atoms with Crippen LogP contribution in [0.3, 0.4) is 0 Å². The van der Waals surface area contributed by atoms with Gasteiger partial charge in [-0.15, -0.1) is 0 Å². The second-order valence-electron chi connectivity index (χ2n) is 6.92. The number of hydrogen-bond donors (Lipinski definition) is 2. The van der Waals surface area contributed by atoms with E-state index in [1.807, 2.05) is 12.1 Å². The predicted octanol–water partition coefficient (Wildman–Crippen LogP) is 3.41. The Balaban J connectivity index is 2.34. The molecular weight excluding hydrogens is 288 g/mol. The summed E-state index contributed by atoms with van der Waals surface area (Å²) in [4.78, 5) is 23.7. The number of unbranched alkanes of at least 4 members (excludes halogenated alkanes) is 3. The minimum absolute atomic E-state index is 0.0215. The number of carbonyl (C=O) groups excluding carboxylic acids is 2. The lowest BCUT2D eigenvalue weighted by Gasteiger charge is -2.19. The molecule has 0 saturated heterocycles. The fourth-order valence-corrected chi connectivity index (χ4v) is 2.23. The van der Waals surface area contributed by atoms with E-state index in [1.54, 1.807) is 12.1 Å². The molecule has 0 heterocycles. The van der Waals surface area contributed by atoms with Gasteiger partial charge in [0.15, 0.2) is 0 Å². The Bertz CT molecular complexity index is 501. The zero-order chi connectivity index (χ0) is 17.3. The van der Waals surface area contributed by atoms with Crippen LogP contribution >= 0.6 is 0 Å². The molecule has 0 saturated carbocycles. The lowest BCUT2D eigenvalue weighted by atomic mass is 9.87. The summed E-state index contributed by atoms with van der Waals surface area (Å²) in [5, 5.41) is 5.48. The average molecular weight is 318 g/mol. The van der Waals surface area contributed by atoms with Crippen LogP contribution in [0, 0.1) is 0 Å². The molecule has 1 rings (SSSR count). The summed E-state index contributed by atoms with van der Waals surface area (Å²) in [5.41, 5.74) is 1.82. The third-order valence-corrected chi connectivity index (χ3v) is 3.78. The molecule has 0 aliphatic carbocycles. The van der Waals surface area contributed by atoms with Crippen molar-refractivity contribution in [2.45, 2.75) is 58.8 Å². The second-order valence-corrected chi connectivity index (χ2v) is 6.92. The second kappa shape index (κ2) is 9.33. The molecule has 2 N–H and O–H groups in total. The van der Waals surface area contributed by atoms with Crippen molar-refractivity contribution in [1.29, 1.82) is 0 Å². The standard InChI is InChI=1S/C19H30N2O2/c1-5-6-7-8-13-20-17(22)14-21-18(23)15-9-11-16(12-10-15)19(2,3)4/h9-12H,5-8,13-14H2,1-4H3,(H,20,22)(H,21,23). The third kappa shape index (κ3) is 7.31. The van der Waals surface area contributed by atoms with Crippen LogP contribution in [0.15, 0.2) is 24.3 Å². The number of amides is 2. The van der Waals surface area contributed by atoms with Gasteiger partial charge in [0.1, 0.15) is 0 Å². The predicted molar refractivity (Wildman–Crippen MR) is 94.6 cm³/mol. The summed E-state index contributed by atoms with van der Waals surface area (Å²) in [6, 6.07) is 7.53. The normalized spacial score (nSPS) is 11.1. The molecule has 0 spiro atoms. The number of hydrogen-bond acceptors (Lipinski definition) is 2. The highest BCUT2D eigenvalue weighted by molar-refractivity contribution is 5.96. The molecule has 2 amide bonds. The monoisotopic (exact) mass is 318 g/mol. The van der Waals surface area contributed by atoms with Gasteiger partial charge in [-0.05, 0) is 29.5 Å². The molecule has 1 aromatic rings. The molecular formula is C19H30N2O2.